The van der Waals surface area contributed by atoms with Crippen molar-refractivity contribution in [3.05, 3.63) is 36.0 Å². The third kappa shape index (κ3) is 3.64. The van der Waals surface area contributed by atoms with E-state index >= 15 is 0 Å². The van der Waals surface area contributed by atoms with E-state index in [1.807, 2.05) is 24.3 Å². The summed E-state index contributed by atoms with van der Waals surface area (Å²) >= 11 is 3.36. The number of carbonyl (C=O) groups is 1. The number of halogens is 1. The van der Waals surface area contributed by atoms with Crippen molar-refractivity contribution in [1.82, 2.24) is 9.78 Å². The van der Waals surface area contributed by atoms with Crippen LogP contribution in [0.15, 0.2) is 30.3 Å². The van der Waals surface area contributed by atoms with Gasteiger partial charge in [-0.2, -0.15) is 5.10 Å². The fourth-order valence-electron chi connectivity index (χ4n) is 1.94. The van der Waals surface area contributed by atoms with Gasteiger partial charge in [-0.15, -0.1) is 0 Å². The van der Waals surface area contributed by atoms with Crippen LogP contribution in [-0.4, -0.2) is 34.8 Å². The summed E-state index contributed by atoms with van der Waals surface area (Å²) < 4.78 is 11.9. The van der Waals surface area contributed by atoms with Crippen LogP contribution in [0.25, 0.3) is 11.3 Å². The zero-order valence-corrected chi connectivity index (χ0v) is 13.6. The minimum absolute atomic E-state index is 0.343. The van der Waals surface area contributed by atoms with E-state index in [0.717, 1.165) is 17.0 Å². The topological polar surface area (TPSA) is 53.4 Å². The number of hydrogen-bond acceptors (Lipinski definition) is 4. The molecule has 6 heteroatoms. The molecule has 0 unspecified atom stereocenters. The number of methoxy groups -OCH3 is 1. The molecule has 0 saturated carbocycles. The Balaban J connectivity index is 2.35. The van der Waals surface area contributed by atoms with Gasteiger partial charge in [-0.3, -0.25) is 4.68 Å². The second-order valence-electron chi connectivity index (χ2n) is 4.28. The number of aromatic nitrogens is 2. The summed E-state index contributed by atoms with van der Waals surface area (Å²) in [6, 6.07) is 9.30. The van der Waals surface area contributed by atoms with Gasteiger partial charge in [0.2, 0.25) is 0 Å². The molecule has 1 heterocycles. The summed E-state index contributed by atoms with van der Waals surface area (Å²) in [6.07, 6.45) is 0. The maximum absolute atomic E-state index is 12.0. The first-order valence-corrected chi connectivity index (χ1v) is 7.77. The molecule has 0 aliphatic rings. The number of aryl methyl sites for hydroxylation is 1. The molecule has 0 aliphatic carbocycles. The van der Waals surface area contributed by atoms with Gasteiger partial charge in [-0.25, -0.2) is 4.79 Å². The molecular weight excluding hydrogens is 336 g/mol. The fraction of sp³-hybridized carbons (Fsp3) is 0.333. The molecule has 0 aliphatic heterocycles. The highest BCUT2D eigenvalue weighted by Gasteiger charge is 2.17. The third-order valence-corrected chi connectivity index (χ3v) is 3.30. The van der Waals surface area contributed by atoms with Crippen molar-refractivity contribution in [2.24, 2.45) is 0 Å². The van der Waals surface area contributed by atoms with Gasteiger partial charge in [0, 0.05) is 10.9 Å². The van der Waals surface area contributed by atoms with Crippen molar-refractivity contribution in [1.29, 1.82) is 0 Å². The molecule has 1 aromatic heterocycles. The molecule has 0 saturated heterocycles. The van der Waals surface area contributed by atoms with Gasteiger partial charge < -0.3 is 9.47 Å². The number of nitrogens with zero attached hydrogens (tertiary/aromatic N) is 2. The lowest BCUT2D eigenvalue weighted by atomic mass is 10.1. The van der Waals surface area contributed by atoms with Crippen LogP contribution in [-0.2, 0) is 11.3 Å². The predicted molar refractivity (Wildman–Crippen MR) is 84.0 cm³/mol. The summed E-state index contributed by atoms with van der Waals surface area (Å²) in [4.78, 5) is 12.0. The molecule has 0 fully saturated rings. The zero-order valence-electron chi connectivity index (χ0n) is 12.0. The molecule has 0 N–H and O–H groups in total. The summed E-state index contributed by atoms with van der Waals surface area (Å²) in [6.45, 7) is 2.73. The van der Waals surface area contributed by atoms with E-state index in [1.54, 1.807) is 24.8 Å². The Bertz CT molecular complexity index is 608. The van der Waals surface area contributed by atoms with E-state index in [4.69, 9.17) is 9.47 Å². The molecule has 0 amide bonds. The Kier molecular flexibility index (Phi) is 5.38. The molecule has 2 rings (SSSR count). The van der Waals surface area contributed by atoms with E-state index in [9.17, 15) is 4.79 Å². The van der Waals surface area contributed by atoms with Crippen LogP contribution >= 0.6 is 15.9 Å². The standard InChI is InChI=1S/C15H17BrN2O3/c1-3-21-15(19)14-10-13(17-18(14)9-8-16)11-4-6-12(20-2)7-5-11/h4-7,10H,3,8-9H2,1-2H3. The van der Waals surface area contributed by atoms with Crippen molar-refractivity contribution >= 4 is 21.9 Å². The molecule has 0 atom stereocenters. The van der Waals surface area contributed by atoms with Gasteiger partial charge in [0.05, 0.1) is 26.0 Å². The van der Waals surface area contributed by atoms with Crippen LogP contribution in [0, 0.1) is 0 Å². The molecule has 0 bridgehead atoms. The van der Waals surface area contributed by atoms with Gasteiger partial charge in [0.25, 0.3) is 0 Å². The average Bonchev–Trinajstić information content (AvgIpc) is 2.92. The van der Waals surface area contributed by atoms with Crippen LogP contribution in [0.4, 0.5) is 0 Å². The van der Waals surface area contributed by atoms with Gasteiger partial charge >= 0.3 is 5.97 Å². The fourth-order valence-corrected chi connectivity index (χ4v) is 2.28. The largest absolute Gasteiger partial charge is 0.497 e. The zero-order chi connectivity index (χ0) is 15.2. The lowest BCUT2D eigenvalue weighted by Gasteiger charge is -2.04. The van der Waals surface area contributed by atoms with Crippen molar-refractivity contribution in [2.45, 2.75) is 13.5 Å². The van der Waals surface area contributed by atoms with Crippen LogP contribution in [0.5, 0.6) is 5.75 Å². The maximum Gasteiger partial charge on any atom is 0.356 e. The Morgan fingerprint density at radius 3 is 2.62 bits per heavy atom. The van der Waals surface area contributed by atoms with Crippen molar-refractivity contribution in [2.75, 3.05) is 19.0 Å². The molecule has 5 nitrogen and oxygen atoms in total. The molecular formula is C15H17BrN2O3. The average molecular weight is 353 g/mol. The van der Waals surface area contributed by atoms with Crippen molar-refractivity contribution in [3.63, 3.8) is 0 Å². The van der Waals surface area contributed by atoms with Gasteiger partial charge in [0.15, 0.2) is 0 Å². The first-order valence-electron chi connectivity index (χ1n) is 6.65. The van der Waals surface area contributed by atoms with E-state index in [0.29, 0.717) is 24.2 Å². The van der Waals surface area contributed by atoms with E-state index in [1.165, 1.54) is 0 Å². The van der Waals surface area contributed by atoms with E-state index in [2.05, 4.69) is 21.0 Å². The van der Waals surface area contributed by atoms with Crippen molar-refractivity contribution < 1.29 is 14.3 Å². The summed E-state index contributed by atoms with van der Waals surface area (Å²) in [5.74, 6) is 0.426. The number of hydrogen-bond donors (Lipinski definition) is 0. The normalized spacial score (nSPS) is 10.4. The minimum atomic E-state index is -0.356. The molecule has 0 radical (unpaired) electrons. The Morgan fingerprint density at radius 1 is 1.33 bits per heavy atom. The Morgan fingerprint density at radius 2 is 2.05 bits per heavy atom. The highest BCUT2D eigenvalue weighted by Crippen LogP contribution is 2.22. The van der Waals surface area contributed by atoms with Gasteiger partial charge in [-0.05, 0) is 37.3 Å². The predicted octanol–water partition coefficient (Wildman–Crippen LogP) is 3.13. The Labute approximate surface area is 132 Å². The van der Waals surface area contributed by atoms with Crippen LogP contribution in [0.2, 0.25) is 0 Å². The number of alkyl halides is 1. The highest BCUT2D eigenvalue weighted by atomic mass is 79.9. The molecule has 0 spiro atoms. The number of carbonyl (C=O) groups excluding carboxylic acids is 1. The van der Waals surface area contributed by atoms with Gasteiger partial charge in [-0.1, -0.05) is 15.9 Å². The maximum atomic E-state index is 12.0. The smallest absolute Gasteiger partial charge is 0.356 e. The van der Waals surface area contributed by atoms with E-state index < -0.39 is 0 Å². The third-order valence-electron chi connectivity index (χ3n) is 2.95. The molecule has 1 aromatic carbocycles. The molecule has 2 aromatic rings. The minimum Gasteiger partial charge on any atom is -0.497 e. The summed E-state index contributed by atoms with van der Waals surface area (Å²) in [7, 11) is 1.62. The monoisotopic (exact) mass is 352 g/mol. The van der Waals surface area contributed by atoms with E-state index in [-0.39, 0.29) is 5.97 Å². The number of rotatable bonds is 6. The first-order chi connectivity index (χ1) is 10.2. The number of benzene rings is 1. The summed E-state index contributed by atoms with van der Waals surface area (Å²) in [5, 5.41) is 5.19. The lowest BCUT2D eigenvalue weighted by molar-refractivity contribution is 0.0512. The second kappa shape index (κ2) is 7.26. The quantitative estimate of drug-likeness (QED) is 0.592. The Hall–Kier alpha value is -1.82. The summed E-state index contributed by atoms with van der Waals surface area (Å²) in [5.41, 5.74) is 2.12. The molecule has 112 valence electrons. The van der Waals surface area contributed by atoms with Crippen LogP contribution < -0.4 is 4.74 Å². The number of ether oxygens (including phenoxy) is 2. The lowest BCUT2D eigenvalue weighted by Crippen LogP contribution is -2.13. The van der Waals surface area contributed by atoms with Gasteiger partial charge in [0.1, 0.15) is 11.4 Å². The first kappa shape index (κ1) is 15.6. The van der Waals surface area contributed by atoms with Crippen LogP contribution in [0.3, 0.4) is 0 Å². The SMILES string of the molecule is CCOC(=O)c1cc(-c2ccc(OC)cc2)nn1CCBr. The number of esters is 1. The molecule has 21 heavy (non-hydrogen) atoms. The highest BCUT2D eigenvalue weighted by molar-refractivity contribution is 9.09. The second-order valence-corrected chi connectivity index (χ2v) is 5.07. The van der Waals surface area contributed by atoms with Crippen molar-refractivity contribution in [3.8, 4) is 17.0 Å². The van der Waals surface area contributed by atoms with Crippen LogP contribution in [0.1, 0.15) is 17.4 Å².